The highest BCUT2D eigenvalue weighted by Gasteiger charge is 2.14. The molecule has 4 heteroatoms. The van der Waals surface area contributed by atoms with Crippen molar-refractivity contribution in [2.24, 2.45) is 0 Å². The molecule has 74 valence electrons. The predicted molar refractivity (Wildman–Crippen MR) is 55.3 cm³/mol. The van der Waals surface area contributed by atoms with Crippen LogP contribution in [0.1, 0.15) is 30.8 Å². The van der Waals surface area contributed by atoms with E-state index in [1.165, 1.54) is 5.57 Å². The van der Waals surface area contributed by atoms with Crippen molar-refractivity contribution in [2.75, 3.05) is 11.9 Å². The number of nitrogens with zero attached hydrogens (tertiary/aromatic N) is 2. The smallest absolute Gasteiger partial charge is 0.207 e. The molecule has 1 aliphatic rings. The van der Waals surface area contributed by atoms with E-state index in [-0.39, 0.29) is 5.78 Å². The molecule has 0 fully saturated rings. The van der Waals surface area contributed by atoms with Gasteiger partial charge < -0.3 is 5.32 Å². The van der Waals surface area contributed by atoms with Crippen molar-refractivity contribution in [1.82, 2.24) is 9.55 Å². The number of fused-ring (bicyclic) bond motifs is 1. The van der Waals surface area contributed by atoms with Gasteiger partial charge in [0.2, 0.25) is 5.95 Å². The first-order chi connectivity index (χ1) is 6.70. The number of carbonyl (C=O) groups is 1. The molecule has 0 atom stereocenters. The second-order valence-electron chi connectivity index (χ2n) is 3.46. The molecular weight excluding hydrogens is 178 g/mol. The summed E-state index contributed by atoms with van der Waals surface area (Å²) in [5.41, 5.74) is 1.77. The van der Waals surface area contributed by atoms with Crippen LogP contribution in [0.15, 0.2) is 11.8 Å². The molecule has 4 nitrogen and oxygen atoms in total. The lowest BCUT2D eigenvalue weighted by atomic mass is 10.2. The third-order valence-electron chi connectivity index (χ3n) is 2.22. The van der Waals surface area contributed by atoms with E-state index in [9.17, 15) is 4.79 Å². The fraction of sp³-hybridized carbons (Fsp3) is 0.400. The molecule has 1 aromatic rings. The molecule has 2 rings (SSSR count). The van der Waals surface area contributed by atoms with E-state index >= 15 is 0 Å². The Kier molecular flexibility index (Phi) is 2.11. The summed E-state index contributed by atoms with van der Waals surface area (Å²) in [6.07, 6.45) is 4.27. The molecule has 1 N–H and O–H groups in total. The zero-order valence-corrected chi connectivity index (χ0v) is 8.37. The van der Waals surface area contributed by atoms with Crippen LogP contribution in [0.3, 0.4) is 0 Å². The fourth-order valence-electron chi connectivity index (χ4n) is 1.44. The lowest BCUT2D eigenvalue weighted by Crippen LogP contribution is -2.12. The van der Waals surface area contributed by atoms with Crippen molar-refractivity contribution in [3.8, 4) is 0 Å². The maximum absolute atomic E-state index is 11.4. The van der Waals surface area contributed by atoms with Gasteiger partial charge in [-0.25, -0.2) is 4.98 Å². The van der Waals surface area contributed by atoms with Gasteiger partial charge in [0.05, 0.1) is 0 Å². The van der Waals surface area contributed by atoms with Crippen molar-refractivity contribution in [1.29, 1.82) is 0 Å². The summed E-state index contributed by atoms with van der Waals surface area (Å²) in [6, 6.07) is 0. The summed E-state index contributed by atoms with van der Waals surface area (Å²) in [5, 5.41) is 3.14. The van der Waals surface area contributed by atoms with Crippen LogP contribution in [0.2, 0.25) is 0 Å². The minimum atomic E-state index is 0.0831. The summed E-state index contributed by atoms with van der Waals surface area (Å²) >= 11 is 0. The second kappa shape index (κ2) is 3.29. The van der Waals surface area contributed by atoms with Gasteiger partial charge in [-0.15, -0.1) is 0 Å². The monoisotopic (exact) mass is 191 g/mol. The van der Waals surface area contributed by atoms with Crippen molar-refractivity contribution in [3.05, 3.63) is 17.5 Å². The lowest BCUT2D eigenvalue weighted by molar-refractivity contribution is 0.0984. The highest BCUT2D eigenvalue weighted by Crippen LogP contribution is 2.16. The summed E-state index contributed by atoms with van der Waals surface area (Å²) in [6.45, 7) is 4.68. The molecule has 1 aromatic heterocycles. The zero-order chi connectivity index (χ0) is 10.1. The van der Waals surface area contributed by atoms with E-state index < -0.39 is 0 Å². The number of carbonyl (C=O) groups excluding carboxylic acids is 1. The molecule has 0 saturated carbocycles. The third kappa shape index (κ3) is 1.43. The first kappa shape index (κ1) is 8.99. The van der Waals surface area contributed by atoms with Gasteiger partial charge in [-0.1, -0.05) is 6.92 Å². The van der Waals surface area contributed by atoms with Crippen LogP contribution in [-0.4, -0.2) is 21.9 Å². The fourth-order valence-corrected chi connectivity index (χ4v) is 1.44. The summed E-state index contributed by atoms with van der Waals surface area (Å²) < 4.78 is 1.86. The summed E-state index contributed by atoms with van der Waals surface area (Å²) in [5.74, 6) is 0.840. The Labute approximate surface area is 82.6 Å². The predicted octanol–water partition coefficient (Wildman–Crippen LogP) is 1.76. The van der Waals surface area contributed by atoms with Gasteiger partial charge in [-0.2, -0.15) is 0 Å². The zero-order valence-electron chi connectivity index (χ0n) is 8.37. The molecule has 0 radical (unpaired) electrons. The maximum Gasteiger partial charge on any atom is 0.207 e. The quantitative estimate of drug-likeness (QED) is 0.724. The van der Waals surface area contributed by atoms with E-state index in [1.807, 2.05) is 24.6 Å². The molecule has 0 unspecified atom stereocenters. The number of hydrogen-bond acceptors (Lipinski definition) is 3. The van der Waals surface area contributed by atoms with E-state index in [4.69, 9.17) is 0 Å². The average Bonchev–Trinajstić information content (AvgIpc) is 2.59. The number of nitrogens with one attached hydrogen (secondary N) is 1. The number of anilines is 1. The van der Waals surface area contributed by atoms with Gasteiger partial charge in [0.25, 0.3) is 0 Å². The van der Waals surface area contributed by atoms with Crippen LogP contribution in [-0.2, 0) is 0 Å². The second-order valence-corrected chi connectivity index (χ2v) is 3.46. The Balaban J connectivity index is 2.38. The largest absolute Gasteiger partial charge is 0.352 e. The van der Waals surface area contributed by atoms with Gasteiger partial charge in [0.15, 0.2) is 5.78 Å². The van der Waals surface area contributed by atoms with Gasteiger partial charge in [-0.05, 0) is 12.5 Å². The van der Waals surface area contributed by atoms with Crippen LogP contribution in [0, 0.1) is 0 Å². The normalized spacial score (nSPS) is 14.3. The van der Waals surface area contributed by atoms with E-state index in [1.54, 1.807) is 6.20 Å². The molecular formula is C10H13N3O. The van der Waals surface area contributed by atoms with Gasteiger partial charge >= 0.3 is 0 Å². The van der Waals surface area contributed by atoms with Crippen molar-refractivity contribution in [3.63, 3.8) is 0 Å². The van der Waals surface area contributed by atoms with Crippen molar-refractivity contribution in [2.45, 2.75) is 20.3 Å². The van der Waals surface area contributed by atoms with Crippen LogP contribution in [0.5, 0.6) is 0 Å². The molecule has 0 aromatic carbocycles. The SMILES string of the molecule is CCC(=O)c1cn2c(n1)NCC(C)=C2. The molecule has 2 heterocycles. The third-order valence-corrected chi connectivity index (χ3v) is 2.22. The Morgan fingerprint density at radius 3 is 3.21 bits per heavy atom. The maximum atomic E-state index is 11.4. The minimum Gasteiger partial charge on any atom is -0.352 e. The molecule has 1 aliphatic heterocycles. The van der Waals surface area contributed by atoms with Gasteiger partial charge in [-0.3, -0.25) is 9.36 Å². The van der Waals surface area contributed by atoms with E-state index in [2.05, 4.69) is 10.3 Å². The summed E-state index contributed by atoms with van der Waals surface area (Å²) in [7, 11) is 0. The number of Topliss-reactive ketones (excluding diaryl/α,β-unsaturated/α-hetero) is 1. The van der Waals surface area contributed by atoms with Crippen molar-refractivity contribution < 1.29 is 4.79 Å². The van der Waals surface area contributed by atoms with Crippen LogP contribution in [0.4, 0.5) is 5.95 Å². The Morgan fingerprint density at radius 1 is 1.71 bits per heavy atom. The average molecular weight is 191 g/mol. The van der Waals surface area contributed by atoms with Crippen molar-refractivity contribution >= 4 is 17.9 Å². The number of hydrogen-bond donors (Lipinski definition) is 1. The Morgan fingerprint density at radius 2 is 2.50 bits per heavy atom. The number of aromatic nitrogens is 2. The summed E-state index contributed by atoms with van der Waals surface area (Å²) in [4.78, 5) is 15.6. The Hall–Kier alpha value is -1.58. The first-order valence-corrected chi connectivity index (χ1v) is 4.74. The molecule has 14 heavy (non-hydrogen) atoms. The molecule has 0 saturated heterocycles. The van der Waals surface area contributed by atoms with Crippen LogP contribution in [0.25, 0.3) is 6.20 Å². The standard InChI is InChI=1S/C10H13N3O/c1-3-9(14)8-6-13-5-7(2)4-11-10(13)12-8/h5-6H,3-4H2,1-2H3,(H,11,12). The highest BCUT2D eigenvalue weighted by atomic mass is 16.1. The number of rotatable bonds is 2. The highest BCUT2D eigenvalue weighted by molar-refractivity contribution is 5.94. The molecule has 0 spiro atoms. The lowest BCUT2D eigenvalue weighted by Gasteiger charge is -2.12. The van der Waals surface area contributed by atoms with Crippen LogP contribution >= 0.6 is 0 Å². The molecule has 0 amide bonds. The topological polar surface area (TPSA) is 46.9 Å². The first-order valence-electron chi connectivity index (χ1n) is 4.74. The van der Waals surface area contributed by atoms with E-state index in [0.29, 0.717) is 12.1 Å². The molecule has 0 aliphatic carbocycles. The number of ketones is 1. The molecule has 0 bridgehead atoms. The van der Waals surface area contributed by atoms with Crippen LogP contribution < -0.4 is 5.32 Å². The van der Waals surface area contributed by atoms with Gasteiger partial charge in [0, 0.05) is 25.4 Å². The van der Waals surface area contributed by atoms with Gasteiger partial charge in [0.1, 0.15) is 5.69 Å². The Bertz CT molecular complexity index is 403. The number of imidazole rings is 1. The minimum absolute atomic E-state index is 0.0831. The van der Waals surface area contributed by atoms with E-state index in [0.717, 1.165) is 12.5 Å².